The Labute approximate surface area is 198 Å². The highest BCUT2D eigenvalue weighted by atomic mass is 19.1. The Hall–Kier alpha value is -3.26. The number of hydrogen-bond acceptors (Lipinski definition) is 6. The number of carbonyl (C=O) groups excluding carboxylic acids is 3. The standard InChI is InChI=1S/C26H30FN3O4/c1-5-15-26(25(33)34-6-2)21-20(22(28-26)16-7-11-18(12-8-16)29(3)4)23(31)30(24(21)32)19-13-9-17(27)10-14-19/h7-14,20-22,28H,5-6,15H2,1-4H3/t20-,21+,22-,26+/m0/s1. The second-order valence-electron chi connectivity index (χ2n) is 9.04. The summed E-state index contributed by atoms with van der Waals surface area (Å²) >= 11 is 0. The van der Waals surface area contributed by atoms with E-state index in [2.05, 4.69) is 5.32 Å². The number of nitrogens with zero attached hydrogens (tertiary/aromatic N) is 2. The predicted octanol–water partition coefficient (Wildman–Crippen LogP) is 3.44. The molecule has 0 bridgehead atoms. The summed E-state index contributed by atoms with van der Waals surface area (Å²) in [5.41, 5.74) is 0.763. The number of nitrogens with one attached hydrogen (secondary N) is 1. The summed E-state index contributed by atoms with van der Waals surface area (Å²) in [7, 11) is 3.87. The van der Waals surface area contributed by atoms with Gasteiger partial charge in [-0.05, 0) is 55.3 Å². The summed E-state index contributed by atoms with van der Waals surface area (Å²) in [6, 6.07) is 12.4. The molecule has 2 aliphatic heterocycles. The van der Waals surface area contributed by atoms with E-state index in [0.29, 0.717) is 18.5 Å². The van der Waals surface area contributed by atoms with Gasteiger partial charge in [-0.25, -0.2) is 9.29 Å². The molecule has 0 radical (unpaired) electrons. The minimum absolute atomic E-state index is 0.162. The van der Waals surface area contributed by atoms with Crippen molar-refractivity contribution in [1.29, 1.82) is 0 Å². The van der Waals surface area contributed by atoms with Crippen molar-refractivity contribution in [2.24, 2.45) is 11.8 Å². The van der Waals surface area contributed by atoms with Crippen LogP contribution in [0.4, 0.5) is 15.8 Å². The predicted molar refractivity (Wildman–Crippen MR) is 127 cm³/mol. The van der Waals surface area contributed by atoms with Gasteiger partial charge in [0.05, 0.1) is 24.1 Å². The molecule has 2 fully saturated rings. The summed E-state index contributed by atoms with van der Waals surface area (Å²) in [6.07, 6.45) is 0.953. The third-order valence-corrected chi connectivity index (χ3v) is 6.79. The first-order valence-corrected chi connectivity index (χ1v) is 11.6. The van der Waals surface area contributed by atoms with E-state index in [1.165, 1.54) is 24.3 Å². The average Bonchev–Trinajstić information content (AvgIpc) is 3.29. The van der Waals surface area contributed by atoms with Crippen LogP contribution >= 0.6 is 0 Å². The van der Waals surface area contributed by atoms with Gasteiger partial charge in [0.2, 0.25) is 11.8 Å². The van der Waals surface area contributed by atoms with E-state index in [1.807, 2.05) is 50.2 Å². The van der Waals surface area contributed by atoms with Gasteiger partial charge in [0, 0.05) is 25.8 Å². The molecular weight excluding hydrogens is 437 g/mol. The van der Waals surface area contributed by atoms with E-state index in [-0.39, 0.29) is 6.61 Å². The first kappa shape index (κ1) is 23.9. The molecule has 8 heteroatoms. The molecule has 0 spiro atoms. The maximum atomic E-state index is 13.8. The maximum absolute atomic E-state index is 13.8. The molecule has 4 atom stereocenters. The third-order valence-electron chi connectivity index (χ3n) is 6.79. The monoisotopic (exact) mass is 467 g/mol. The lowest BCUT2D eigenvalue weighted by Crippen LogP contribution is -2.56. The Bertz CT molecular complexity index is 1090. The lowest BCUT2D eigenvalue weighted by atomic mass is 9.77. The molecule has 2 heterocycles. The highest BCUT2D eigenvalue weighted by Crippen LogP contribution is 2.51. The van der Waals surface area contributed by atoms with Crippen molar-refractivity contribution in [1.82, 2.24) is 5.32 Å². The fourth-order valence-corrected chi connectivity index (χ4v) is 5.29. The fourth-order valence-electron chi connectivity index (χ4n) is 5.29. The zero-order valence-electron chi connectivity index (χ0n) is 19.9. The molecule has 2 amide bonds. The Morgan fingerprint density at radius 3 is 2.26 bits per heavy atom. The third kappa shape index (κ3) is 3.76. The highest BCUT2D eigenvalue weighted by molar-refractivity contribution is 6.24. The fraction of sp³-hybridized carbons (Fsp3) is 0.423. The summed E-state index contributed by atoms with van der Waals surface area (Å²) < 4.78 is 18.9. The van der Waals surface area contributed by atoms with Crippen LogP contribution in [0, 0.1) is 17.7 Å². The lowest BCUT2D eigenvalue weighted by molar-refractivity contribution is -0.155. The molecular formula is C26H30FN3O4. The van der Waals surface area contributed by atoms with E-state index in [1.54, 1.807) is 6.92 Å². The van der Waals surface area contributed by atoms with E-state index in [4.69, 9.17) is 4.74 Å². The van der Waals surface area contributed by atoms with Gasteiger partial charge in [0.25, 0.3) is 0 Å². The zero-order valence-corrected chi connectivity index (χ0v) is 19.9. The van der Waals surface area contributed by atoms with E-state index in [9.17, 15) is 18.8 Å². The van der Waals surface area contributed by atoms with Gasteiger partial charge in [0.1, 0.15) is 11.4 Å². The summed E-state index contributed by atoms with van der Waals surface area (Å²) in [4.78, 5) is 43.9. The molecule has 0 aliphatic carbocycles. The van der Waals surface area contributed by atoms with Gasteiger partial charge in [-0.2, -0.15) is 0 Å². The first-order valence-electron chi connectivity index (χ1n) is 11.6. The Balaban J connectivity index is 1.83. The van der Waals surface area contributed by atoms with E-state index >= 15 is 0 Å². The van der Waals surface area contributed by atoms with Crippen LogP contribution in [-0.4, -0.2) is 44.0 Å². The van der Waals surface area contributed by atoms with Gasteiger partial charge >= 0.3 is 5.97 Å². The van der Waals surface area contributed by atoms with Crippen LogP contribution in [0.25, 0.3) is 0 Å². The van der Waals surface area contributed by atoms with Crippen molar-refractivity contribution < 1.29 is 23.5 Å². The molecule has 4 rings (SSSR count). The van der Waals surface area contributed by atoms with Crippen molar-refractivity contribution in [2.45, 2.75) is 38.3 Å². The molecule has 2 aromatic rings. The smallest absolute Gasteiger partial charge is 0.327 e. The number of hydrogen-bond donors (Lipinski definition) is 1. The second kappa shape index (κ2) is 9.18. The van der Waals surface area contributed by atoms with Gasteiger partial charge in [0.15, 0.2) is 0 Å². The van der Waals surface area contributed by atoms with Crippen LogP contribution < -0.4 is 15.1 Å². The van der Waals surface area contributed by atoms with Crippen LogP contribution in [0.3, 0.4) is 0 Å². The zero-order chi connectivity index (χ0) is 24.6. The van der Waals surface area contributed by atoms with Crippen LogP contribution in [0.2, 0.25) is 0 Å². The number of carbonyl (C=O) groups is 3. The number of fused-ring (bicyclic) bond motifs is 1. The van der Waals surface area contributed by atoms with Crippen molar-refractivity contribution in [2.75, 3.05) is 30.5 Å². The van der Waals surface area contributed by atoms with E-state index < -0.39 is 47.0 Å². The Kier molecular flexibility index (Phi) is 6.45. The Morgan fingerprint density at radius 1 is 1.06 bits per heavy atom. The van der Waals surface area contributed by atoms with Crippen LogP contribution in [0.5, 0.6) is 0 Å². The first-order chi connectivity index (χ1) is 16.2. The number of rotatable bonds is 7. The average molecular weight is 468 g/mol. The molecule has 0 saturated carbocycles. The van der Waals surface area contributed by atoms with Crippen molar-refractivity contribution in [3.63, 3.8) is 0 Å². The van der Waals surface area contributed by atoms with E-state index in [0.717, 1.165) is 16.2 Å². The number of ether oxygens (including phenoxy) is 1. The summed E-state index contributed by atoms with van der Waals surface area (Å²) in [6.45, 7) is 3.80. The molecule has 7 nitrogen and oxygen atoms in total. The number of imide groups is 1. The number of benzene rings is 2. The molecule has 34 heavy (non-hydrogen) atoms. The van der Waals surface area contributed by atoms with Crippen molar-refractivity contribution >= 4 is 29.2 Å². The SMILES string of the molecule is CCC[C@@]1(C(=O)OCC)N[C@@H](c2ccc(N(C)C)cc2)[C@H]2C(=O)N(c3ccc(F)cc3)C(=O)[C@@H]21. The van der Waals surface area contributed by atoms with Crippen molar-refractivity contribution in [3.05, 3.63) is 59.9 Å². The summed E-state index contributed by atoms with van der Waals surface area (Å²) in [5.74, 6) is -3.58. The van der Waals surface area contributed by atoms with Crippen LogP contribution in [-0.2, 0) is 19.1 Å². The molecule has 2 aliphatic rings. The highest BCUT2D eigenvalue weighted by Gasteiger charge is 2.68. The minimum Gasteiger partial charge on any atom is -0.465 e. The number of esters is 1. The lowest BCUT2D eigenvalue weighted by Gasteiger charge is -2.32. The molecule has 0 aromatic heterocycles. The molecule has 0 unspecified atom stereocenters. The Morgan fingerprint density at radius 2 is 1.71 bits per heavy atom. The largest absolute Gasteiger partial charge is 0.465 e. The van der Waals surface area contributed by atoms with Crippen LogP contribution in [0.1, 0.15) is 38.3 Å². The molecule has 2 aromatic carbocycles. The number of halogens is 1. The van der Waals surface area contributed by atoms with Gasteiger partial charge in [-0.3, -0.25) is 19.7 Å². The molecule has 1 N–H and O–H groups in total. The van der Waals surface area contributed by atoms with Gasteiger partial charge in [-0.15, -0.1) is 0 Å². The normalized spacial score (nSPS) is 26.0. The number of anilines is 2. The second-order valence-corrected chi connectivity index (χ2v) is 9.04. The molecule has 180 valence electrons. The topological polar surface area (TPSA) is 79.0 Å². The van der Waals surface area contributed by atoms with Crippen LogP contribution in [0.15, 0.2) is 48.5 Å². The molecule has 2 saturated heterocycles. The van der Waals surface area contributed by atoms with Gasteiger partial charge < -0.3 is 9.64 Å². The van der Waals surface area contributed by atoms with Crippen molar-refractivity contribution in [3.8, 4) is 0 Å². The quantitative estimate of drug-likeness (QED) is 0.497. The minimum atomic E-state index is -1.33. The summed E-state index contributed by atoms with van der Waals surface area (Å²) in [5, 5.41) is 3.38. The maximum Gasteiger partial charge on any atom is 0.327 e. The number of amides is 2. The van der Waals surface area contributed by atoms with Gasteiger partial charge in [-0.1, -0.05) is 25.5 Å².